The fraction of sp³-hybridized carbons (Fsp3) is 0.909. The van der Waals surface area contributed by atoms with Crippen molar-refractivity contribution < 1.29 is 23.1 Å². The van der Waals surface area contributed by atoms with Gasteiger partial charge in [0.25, 0.3) is 0 Å². The van der Waals surface area contributed by atoms with Crippen LogP contribution in [0.1, 0.15) is 26.7 Å². The largest absolute Gasteiger partial charge is 0.393 e. The van der Waals surface area contributed by atoms with Crippen molar-refractivity contribution in [1.82, 2.24) is 4.90 Å². The summed E-state index contributed by atoms with van der Waals surface area (Å²) in [5.74, 6) is -2.34. The highest BCUT2D eigenvalue weighted by Gasteiger charge is 2.48. The van der Waals surface area contributed by atoms with Gasteiger partial charge < -0.3 is 10.8 Å². The van der Waals surface area contributed by atoms with Crippen LogP contribution in [-0.2, 0) is 4.79 Å². The summed E-state index contributed by atoms with van der Waals surface area (Å²) in [7, 11) is 0. The molecule has 1 amide bonds. The number of halogens is 4. The molecule has 0 aromatic rings. The summed E-state index contributed by atoms with van der Waals surface area (Å²) >= 11 is 0. The van der Waals surface area contributed by atoms with Crippen molar-refractivity contribution in [2.45, 2.75) is 51.1 Å². The minimum Gasteiger partial charge on any atom is -0.392 e. The smallest absolute Gasteiger partial charge is 0.392 e. The van der Waals surface area contributed by atoms with E-state index < -0.39 is 36.2 Å². The number of nitrogens with zero attached hydrogens (tertiary/aromatic N) is 1. The molecule has 0 aromatic carbocycles. The van der Waals surface area contributed by atoms with Crippen molar-refractivity contribution in [2.75, 3.05) is 6.54 Å². The monoisotopic (exact) mass is 304 g/mol. The number of nitrogens with two attached hydrogens (primary N) is 1. The summed E-state index contributed by atoms with van der Waals surface area (Å²) in [6, 6.07) is -1.85. The third-order valence-electron chi connectivity index (χ3n) is 3.53. The van der Waals surface area contributed by atoms with E-state index in [1.54, 1.807) is 0 Å². The van der Waals surface area contributed by atoms with Crippen LogP contribution >= 0.6 is 12.4 Å². The zero-order valence-electron chi connectivity index (χ0n) is 10.9. The third kappa shape index (κ3) is 4.22. The SMILES string of the molecule is CC(O)C(C(C)C(F)(F)F)N1CCCC1C(N)=O.Cl. The first kappa shape index (κ1) is 18.5. The van der Waals surface area contributed by atoms with Crippen LogP contribution in [0.2, 0.25) is 0 Å². The molecule has 1 heterocycles. The Kier molecular flexibility index (Phi) is 6.57. The maximum Gasteiger partial charge on any atom is 0.393 e. The summed E-state index contributed by atoms with van der Waals surface area (Å²) in [4.78, 5) is 12.6. The Bertz CT molecular complexity index is 313. The molecule has 19 heavy (non-hydrogen) atoms. The fourth-order valence-corrected chi connectivity index (χ4v) is 2.63. The van der Waals surface area contributed by atoms with Gasteiger partial charge in [0.05, 0.1) is 18.1 Å². The van der Waals surface area contributed by atoms with E-state index in [9.17, 15) is 23.1 Å². The number of rotatable bonds is 4. The van der Waals surface area contributed by atoms with Gasteiger partial charge in [0.1, 0.15) is 0 Å². The Morgan fingerprint density at radius 3 is 2.32 bits per heavy atom. The molecule has 0 aromatic heterocycles. The Morgan fingerprint density at radius 2 is 1.95 bits per heavy atom. The van der Waals surface area contributed by atoms with Crippen LogP contribution in [0.25, 0.3) is 0 Å². The van der Waals surface area contributed by atoms with Crippen LogP contribution in [0.4, 0.5) is 13.2 Å². The molecule has 1 saturated heterocycles. The number of hydrogen-bond donors (Lipinski definition) is 2. The van der Waals surface area contributed by atoms with Gasteiger partial charge in [-0.1, -0.05) is 6.92 Å². The lowest BCUT2D eigenvalue weighted by Gasteiger charge is -2.38. The zero-order valence-corrected chi connectivity index (χ0v) is 11.7. The van der Waals surface area contributed by atoms with E-state index >= 15 is 0 Å². The second-order valence-electron chi connectivity index (χ2n) is 4.86. The van der Waals surface area contributed by atoms with Gasteiger partial charge in [-0.2, -0.15) is 13.2 Å². The first-order chi connectivity index (χ1) is 8.16. The molecule has 4 atom stereocenters. The van der Waals surface area contributed by atoms with E-state index in [4.69, 9.17) is 5.73 Å². The van der Waals surface area contributed by atoms with Crippen LogP contribution in [0.15, 0.2) is 0 Å². The minimum atomic E-state index is -4.41. The van der Waals surface area contributed by atoms with Crippen molar-refractivity contribution >= 4 is 18.3 Å². The lowest BCUT2D eigenvalue weighted by Crippen LogP contribution is -2.55. The summed E-state index contributed by atoms with van der Waals surface area (Å²) in [6.07, 6.45) is -4.53. The summed E-state index contributed by atoms with van der Waals surface area (Å²) in [6.45, 7) is 2.68. The van der Waals surface area contributed by atoms with E-state index in [1.807, 2.05) is 0 Å². The zero-order chi connectivity index (χ0) is 14.1. The van der Waals surface area contributed by atoms with Gasteiger partial charge in [-0.3, -0.25) is 9.69 Å². The Labute approximate surface area is 116 Å². The highest BCUT2D eigenvalue weighted by molar-refractivity contribution is 5.85. The molecule has 0 spiro atoms. The van der Waals surface area contributed by atoms with Gasteiger partial charge in [-0.25, -0.2) is 0 Å². The predicted molar refractivity (Wildman–Crippen MR) is 66.9 cm³/mol. The van der Waals surface area contributed by atoms with Crippen LogP contribution in [0, 0.1) is 5.92 Å². The van der Waals surface area contributed by atoms with Crippen LogP contribution in [0.5, 0.6) is 0 Å². The molecule has 4 nitrogen and oxygen atoms in total. The molecule has 1 aliphatic heterocycles. The van der Waals surface area contributed by atoms with Gasteiger partial charge in [0, 0.05) is 6.04 Å². The number of amides is 1. The number of carbonyl (C=O) groups is 1. The lowest BCUT2D eigenvalue weighted by molar-refractivity contribution is -0.197. The molecular formula is C11H20ClF3N2O2. The van der Waals surface area contributed by atoms with E-state index in [0.29, 0.717) is 19.4 Å². The maximum absolute atomic E-state index is 12.8. The molecule has 1 fully saturated rings. The van der Waals surface area contributed by atoms with E-state index in [1.165, 1.54) is 11.8 Å². The van der Waals surface area contributed by atoms with Crippen molar-refractivity contribution in [2.24, 2.45) is 11.7 Å². The van der Waals surface area contributed by atoms with Crippen LogP contribution in [-0.4, -0.2) is 46.8 Å². The molecule has 114 valence electrons. The van der Waals surface area contributed by atoms with Gasteiger partial charge in [-0.15, -0.1) is 12.4 Å². The molecule has 3 N–H and O–H groups in total. The number of primary amides is 1. The van der Waals surface area contributed by atoms with Crippen molar-refractivity contribution in [3.05, 3.63) is 0 Å². The van der Waals surface area contributed by atoms with E-state index in [2.05, 4.69) is 0 Å². The molecular weight excluding hydrogens is 285 g/mol. The van der Waals surface area contributed by atoms with Gasteiger partial charge in [0.15, 0.2) is 0 Å². The normalized spacial score (nSPS) is 25.5. The Balaban J connectivity index is 0.00000324. The average Bonchev–Trinajstić information content (AvgIpc) is 2.64. The number of carbonyl (C=O) groups excluding carboxylic acids is 1. The van der Waals surface area contributed by atoms with Crippen molar-refractivity contribution in [3.8, 4) is 0 Å². The second kappa shape index (κ2) is 6.76. The summed E-state index contributed by atoms with van der Waals surface area (Å²) < 4.78 is 38.4. The van der Waals surface area contributed by atoms with Gasteiger partial charge in [-0.05, 0) is 26.3 Å². The van der Waals surface area contributed by atoms with E-state index in [-0.39, 0.29) is 12.4 Å². The summed E-state index contributed by atoms with van der Waals surface area (Å²) in [5, 5.41) is 9.61. The Hall–Kier alpha value is -0.530. The molecule has 0 aliphatic carbocycles. The minimum absolute atomic E-state index is 0. The molecule has 4 unspecified atom stereocenters. The number of aliphatic hydroxyl groups excluding tert-OH is 1. The average molecular weight is 305 g/mol. The topological polar surface area (TPSA) is 66.6 Å². The molecule has 1 rings (SSSR count). The maximum atomic E-state index is 12.8. The second-order valence-corrected chi connectivity index (χ2v) is 4.86. The number of aliphatic hydroxyl groups is 1. The number of hydrogen-bond acceptors (Lipinski definition) is 3. The fourth-order valence-electron chi connectivity index (χ4n) is 2.63. The standard InChI is InChI=1S/C11H19F3N2O2.ClH/c1-6(11(12,13)14)9(7(2)17)16-5-3-4-8(16)10(15)18;/h6-9,17H,3-5H2,1-2H3,(H2,15,18);1H. The number of likely N-dealkylation sites (tertiary alicyclic amines) is 1. The third-order valence-corrected chi connectivity index (χ3v) is 3.53. The quantitative estimate of drug-likeness (QED) is 0.823. The molecule has 8 heteroatoms. The van der Waals surface area contributed by atoms with Gasteiger partial charge >= 0.3 is 6.18 Å². The Morgan fingerprint density at radius 1 is 1.42 bits per heavy atom. The summed E-state index contributed by atoms with van der Waals surface area (Å²) in [5.41, 5.74) is 5.19. The van der Waals surface area contributed by atoms with E-state index in [0.717, 1.165) is 6.92 Å². The van der Waals surface area contributed by atoms with Crippen LogP contribution in [0.3, 0.4) is 0 Å². The molecule has 1 aliphatic rings. The van der Waals surface area contributed by atoms with Crippen LogP contribution < -0.4 is 5.73 Å². The predicted octanol–water partition coefficient (Wildman–Crippen LogP) is 1.31. The number of alkyl halides is 3. The first-order valence-corrected chi connectivity index (χ1v) is 5.96. The van der Waals surface area contributed by atoms with Gasteiger partial charge in [0.2, 0.25) is 5.91 Å². The molecule has 0 saturated carbocycles. The van der Waals surface area contributed by atoms with Crippen molar-refractivity contribution in [3.63, 3.8) is 0 Å². The highest BCUT2D eigenvalue weighted by Crippen LogP contribution is 2.35. The van der Waals surface area contributed by atoms with Crippen molar-refractivity contribution in [1.29, 1.82) is 0 Å². The lowest BCUT2D eigenvalue weighted by atomic mass is 9.94. The highest BCUT2D eigenvalue weighted by atomic mass is 35.5. The molecule has 0 bridgehead atoms. The molecule has 0 radical (unpaired) electrons. The first-order valence-electron chi connectivity index (χ1n) is 5.96.